The van der Waals surface area contributed by atoms with E-state index < -0.39 is 0 Å². The number of carbonyl (C=O) groups excluding carboxylic acids is 1. The van der Waals surface area contributed by atoms with Crippen molar-refractivity contribution in [1.82, 2.24) is 0 Å². The number of hydrogen-bond acceptors (Lipinski definition) is 1. The fraction of sp³-hybridized carbons (Fsp3) is 0.364. The predicted molar refractivity (Wildman–Crippen MR) is 55.1 cm³/mol. The minimum absolute atomic E-state index is 0.771. The summed E-state index contributed by atoms with van der Waals surface area (Å²) in [4.78, 5) is 9.89. The SMILES string of the molecule is CC.C\C=C/C(/C=C/C=O)=C\C. The number of hydrogen-bond donors (Lipinski definition) is 0. The molecule has 0 spiro atoms. The molecule has 0 saturated carbocycles. The van der Waals surface area contributed by atoms with Crippen molar-refractivity contribution < 1.29 is 4.79 Å². The van der Waals surface area contributed by atoms with Crippen LogP contribution in [0.1, 0.15) is 27.7 Å². The van der Waals surface area contributed by atoms with Gasteiger partial charge in [-0.2, -0.15) is 0 Å². The van der Waals surface area contributed by atoms with Gasteiger partial charge in [-0.15, -0.1) is 0 Å². The van der Waals surface area contributed by atoms with Crippen molar-refractivity contribution in [2.45, 2.75) is 27.7 Å². The molecule has 0 unspecified atom stereocenters. The molecule has 0 amide bonds. The monoisotopic (exact) mass is 166 g/mol. The maximum absolute atomic E-state index is 9.89. The number of carbonyl (C=O) groups is 1. The third-order valence-electron chi connectivity index (χ3n) is 1.06. The van der Waals surface area contributed by atoms with Crippen LogP contribution >= 0.6 is 0 Å². The Balaban J connectivity index is 0. The summed E-state index contributed by atoms with van der Waals surface area (Å²) < 4.78 is 0. The molecule has 0 bridgehead atoms. The van der Waals surface area contributed by atoms with E-state index in [1.54, 1.807) is 6.08 Å². The molecular weight excluding hydrogens is 148 g/mol. The lowest BCUT2D eigenvalue weighted by atomic mass is 10.2. The van der Waals surface area contributed by atoms with Gasteiger partial charge in [-0.3, -0.25) is 4.79 Å². The molecule has 1 heteroatoms. The third-order valence-corrected chi connectivity index (χ3v) is 1.06. The van der Waals surface area contributed by atoms with Gasteiger partial charge in [-0.25, -0.2) is 0 Å². The van der Waals surface area contributed by atoms with Crippen molar-refractivity contribution in [2.24, 2.45) is 0 Å². The Morgan fingerprint density at radius 2 is 1.67 bits per heavy atom. The molecule has 68 valence electrons. The standard InChI is InChI=1S/C9H12O.C2H6/c1-3-6-9(4-2)7-5-8-10;1-2/h3-8H,1-2H3;1-2H3/b6-3-,7-5+,9-4+;. The summed E-state index contributed by atoms with van der Waals surface area (Å²) in [6, 6.07) is 0. The Kier molecular flexibility index (Phi) is 14.1. The van der Waals surface area contributed by atoms with E-state index in [2.05, 4.69) is 0 Å². The van der Waals surface area contributed by atoms with Gasteiger partial charge in [0.1, 0.15) is 6.29 Å². The van der Waals surface area contributed by atoms with Crippen molar-refractivity contribution in [3.8, 4) is 0 Å². The summed E-state index contributed by atoms with van der Waals surface area (Å²) in [5.41, 5.74) is 1.05. The van der Waals surface area contributed by atoms with Gasteiger partial charge >= 0.3 is 0 Å². The van der Waals surface area contributed by atoms with Gasteiger partial charge in [0.2, 0.25) is 0 Å². The molecule has 0 N–H and O–H groups in total. The van der Waals surface area contributed by atoms with Gasteiger partial charge in [-0.05, 0) is 25.5 Å². The zero-order valence-electron chi connectivity index (χ0n) is 8.37. The zero-order valence-corrected chi connectivity index (χ0v) is 8.37. The van der Waals surface area contributed by atoms with Gasteiger partial charge in [0.05, 0.1) is 0 Å². The highest BCUT2D eigenvalue weighted by Gasteiger charge is 1.78. The topological polar surface area (TPSA) is 17.1 Å². The Labute approximate surface area is 75.5 Å². The Morgan fingerprint density at radius 1 is 1.08 bits per heavy atom. The lowest BCUT2D eigenvalue weighted by molar-refractivity contribution is -0.104. The van der Waals surface area contributed by atoms with E-state index in [4.69, 9.17) is 0 Å². The smallest absolute Gasteiger partial charge is 0.142 e. The first kappa shape index (κ1) is 13.5. The Morgan fingerprint density at radius 3 is 2.00 bits per heavy atom. The van der Waals surface area contributed by atoms with E-state index in [0.29, 0.717) is 0 Å². The first-order chi connectivity index (χ1) is 5.85. The summed E-state index contributed by atoms with van der Waals surface area (Å²) in [6.07, 6.45) is 9.85. The van der Waals surface area contributed by atoms with Crippen LogP contribution in [0.15, 0.2) is 36.0 Å². The molecule has 1 nitrogen and oxygen atoms in total. The molecule has 0 aliphatic heterocycles. The zero-order chi connectivity index (χ0) is 9.82. The molecule has 0 aromatic carbocycles. The number of allylic oxidation sites excluding steroid dienone is 6. The van der Waals surface area contributed by atoms with Crippen molar-refractivity contribution in [1.29, 1.82) is 0 Å². The van der Waals surface area contributed by atoms with Crippen molar-refractivity contribution >= 4 is 6.29 Å². The van der Waals surface area contributed by atoms with E-state index in [-0.39, 0.29) is 0 Å². The molecule has 0 aromatic heterocycles. The van der Waals surface area contributed by atoms with E-state index in [0.717, 1.165) is 11.9 Å². The Bertz CT molecular complexity index is 173. The van der Waals surface area contributed by atoms with Crippen LogP contribution in [0.25, 0.3) is 0 Å². The molecule has 0 aromatic rings. The second-order valence-electron chi connectivity index (χ2n) is 1.78. The molecule has 12 heavy (non-hydrogen) atoms. The highest BCUT2D eigenvalue weighted by Crippen LogP contribution is 1.97. The highest BCUT2D eigenvalue weighted by molar-refractivity contribution is 5.66. The molecule has 0 atom stereocenters. The maximum atomic E-state index is 9.89. The summed E-state index contributed by atoms with van der Waals surface area (Å²) in [5.74, 6) is 0. The molecule has 0 aliphatic carbocycles. The lowest BCUT2D eigenvalue weighted by Gasteiger charge is -1.86. The molecular formula is C11H18O. The fourth-order valence-electron chi connectivity index (χ4n) is 0.591. The van der Waals surface area contributed by atoms with Crippen LogP contribution in [0.3, 0.4) is 0 Å². The van der Waals surface area contributed by atoms with Crippen LogP contribution in [0.2, 0.25) is 0 Å². The summed E-state index contributed by atoms with van der Waals surface area (Å²) >= 11 is 0. The maximum Gasteiger partial charge on any atom is 0.142 e. The Hall–Kier alpha value is -1.11. The third kappa shape index (κ3) is 8.89. The van der Waals surface area contributed by atoms with E-state index >= 15 is 0 Å². The minimum Gasteiger partial charge on any atom is -0.299 e. The van der Waals surface area contributed by atoms with E-state index in [1.165, 1.54) is 6.08 Å². The second-order valence-corrected chi connectivity index (χ2v) is 1.78. The highest BCUT2D eigenvalue weighted by atomic mass is 16.1. The second kappa shape index (κ2) is 12.6. The van der Waals surface area contributed by atoms with Gasteiger partial charge in [0.25, 0.3) is 0 Å². The molecule has 0 saturated heterocycles. The molecule has 0 radical (unpaired) electrons. The minimum atomic E-state index is 0.771. The van der Waals surface area contributed by atoms with Crippen LogP contribution in [0.4, 0.5) is 0 Å². The molecule has 0 heterocycles. The van der Waals surface area contributed by atoms with Crippen molar-refractivity contribution in [2.75, 3.05) is 0 Å². The van der Waals surface area contributed by atoms with E-state index in [9.17, 15) is 4.79 Å². The lowest BCUT2D eigenvalue weighted by Crippen LogP contribution is -1.69. The van der Waals surface area contributed by atoms with Crippen LogP contribution in [-0.2, 0) is 4.79 Å². The van der Waals surface area contributed by atoms with Crippen LogP contribution < -0.4 is 0 Å². The van der Waals surface area contributed by atoms with Crippen LogP contribution in [0.5, 0.6) is 0 Å². The molecule has 0 aliphatic rings. The fourth-order valence-corrected chi connectivity index (χ4v) is 0.591. The molecule has 0 fully saturated rings. The largest absolute Gasteiger partial charge is 0.299 e. The average molecular weight is 166 g/mol. The van der Waals surface area contributed by atoms with Gasteiger partial charge < -0.3 is 0 Å². The van der Waals surface area contributed by atoms with Gasteiger partial charge in [0, 0.05) is 0 Å². The van der Waals surface area contributed by atoms with E-state index in [1.807, 2.05) is 45.9 Å². The summed E-state index contributed by atoms with van der Waals surface area (Å²) in [7, 11) is 0. The number of rotatable bonds is 3. The quantitative estimate of drug-likeness (QED) is 0.357. The van der Waals surface area contributed by atoms with Crippen molar-refractivity contribution in [3.05, 3.63) is 36.0 Å². The first-order valence-corrected chi connectivity index (χ1v) is 4.26. The normalized spacial score (nSPS) is 11.5. The summed E-state index contributed by atoms with van der Waals surface area (Å²) in [6.45, 7) is 7.88. The van der Waals surface area contributed by atoms with Crippen molar-refractivity contribution in [3.63, 3.8) is 0 Å². The van der Waals surface area contributed by atoms with Crippen LogP contribution in [0, 0.1) is 0 Å². The van der Waals surface area contributed by atoms with Gasteiger partial charge in [-0.1, -0.05) is 38.2 Å². The predicted octanol–water partition coefficient (Wildman–Crippen LogP) is 3.29. The van der Waals surface area contributed by atoms with Gasteiger partial charge in [0.15, 0.2) is 0 Å². The number of aldehydes is 1. The summed E-state index contributed by atoms with van der Waals surface area (Å²) in [5, 5.41) is 0. The molecule has 0 rings (SSSR count). The first-order valence-electron chi connectivity index (χ1n) is 4.26. The average Bonchev–Trinajstić information content (AvgIpc) is 2.15. The van der Waals surface area contributed by atoms with Crippen LogP contribution in [-0.4, -0.2) is 6.29 Å².